The van der Waals surface area contributed by atoms with E-state index < -0.39 is 0 Å². The zero-order valence-electron chi connectivity index (χ0n) is 14.2. The molecule has 124 valence electrons. The molecular weight excluding hydrogens is 395 g/mol. The van der Waals surface area contributed by atoms with Gasteiger partial charge in [-0.2, -0.15) is 0 Å². The van der Waals surface area contributed by atoms with Gasteiger partial charge in [0, 0.05) is 13.1 Å². The smallest absolute Gasteiger partial charge is 0.0914 e. The van der Waals surface area contributed by atoms with Gasteiger partial charge in [0.1, 0.15) is 0 Å². The molecule has 0 atom stereocenters. The highest BCUT2D eigenvalue weighted by Gasteiger charge is 2.31. The number of hydrogen-bond donors (Lipinski definition) is 0. The fraction of sp³-hybridized carbons (Fsp3) is 0.400. The Morgan fingerprint density at radius 2 is 1.30 bits per heavy atom. The highest BCUT2D eigenvalue weighted by Crippen LogP contribution is 2.30. The molecule has 0 amide bonds. The Morgan fingerprint density at radius 1 is 0.870 bits per heavy atom. The van der Waals surface area contributed by atoms with Gasteiger partial charge < -0.3 is 28.5 Å². The molecule has 0 aliphatic carbocycles. The van der Waals surface area contributed by atoms with Crippen LogP contribution in [0.25, 0.3) is 0 Å². The molecule has 2 nitrogen and oxygen atoms in total. The minimum atomic E-state index is 0. The Bertz CT molecular complexity index is 538. The maximum atomic E-state index is 2.65. The van der Waals surface area contributed by atoms with Gasteiger partial charge in [-0.15, -0.1) is 0 Å². The molecule has 1 fully saturated rings. The van der Waals surface area contributed by atoms with Crippen molar-refractivity contribution in [2.75, 3.05) is 39.8 Å². The van der Waals surface area contributed by atoms with Crippen LogP contribution in [0.2, 0.25) is 0 Å². The van der Waals surface area contributed by atoms with E-state index in [0.29, 0.717) is 6.04 Å². The quantitative estimate of drug-likeness (QED) is 0.515. The van der Waals surface area contributed by atoms with E-state index in [4.69, 9.17) is 0 Å². The van der Waals surface area contributed by atoms with Gasteiger partial charge >= 0.3 is 0 Å². The lowest BCUT2D eigenvalue weighted by Gasteiger charge is -2.44. The molecule has 2 aromatic rings. The Hall–Kier alpha value is -0.910. The van der Waals surface area contributed by atoms with Crippen molar-refractivity contribution in [1.82, 2.24) is 4.90 Å². The van der Waals surface area contributed by atoms with Crippen LogP contribution in [0.3, 0.4) is 0 Å². The van der Waals surface area contributed by atoms with E-state index in [-0.39, 0.29) is 24.0 Å². The molecule has 0 radical (unpaired) electrons. The number of rotatable bonds is 4. The van der Waals surface area contributed by atoms with E-state index >= 15 is 0 Å². The van der Waals surface area contributed by atoms with Crippen molar-refractivity contribution in [3.8, 4) is 0 Å². The van der Waals surface area contributed by atoms with Gasteiger partial charge in [0.25, 0.3) is 0 Å². The van der Waals surface area contributed by atoms with Gasteiger partial charge in [0.2, 0.25) is 0 Å². The third-order valence-corrected chi connectivity index (χ3v) is 5.21. The molecule has 0 saturated carbocycles. The first-order chi connectivity index (χ1) is 10.7. The number of halogens is 1. The van der Waals surface area contributed by atoms with Crippen LogP contribution in [-0.2, 0) is 0 Å². The maximum absolute atomic E-state index is 2.65. The molecule has 23 heavy (non-hydrogen) atoms. The molecular formula is C20H27IN2. The summed E-state index contributed by atoms with van der Waals surface area (Å²) in [6.07, 6.45) is 0. The molecule has 0 unspecified atom stereocenters. The number of quaternary nitrogens is 1. The van der Waals surface area contributed by atoms with E-state index in [0.717, 1.165) is 0 Å². The summed E-state index contributed by atoms with van der Waals surface area (Å²) in [4.78, 5) is 2.65. The average Bonchev–Trinajstić information content (AvgIpc) is 2.59. The van der Waals surface area contributed by atoms with E-state index in [9.17, 15) is 0 Å². The Labute approximate surface area is 157 Å². The highest BCUT2D eigenvalue weighted by molar-refractivity contribution is 5.31. The van der Waals surface area contributed by atoms with Crippen LogP contribution in [0, 0.1) is 0 Å². The standard InChI is InChI=1S/C20H27N2.HI/c1-3-22(2)16-14-21(15-17-22)20(18-10-6-4-7-11-18)19-12-8-5-9-13-19;/h4-13,20H,3,14-17H2,1-2H3;1H/q+1;/p-1. The monoisotopic (exact) mass is 422 g/mol. The van der Waals surface area contributed by atoms with Gasteiger partial charge in [-0.25, -0.2) is 0 Å². The largest absolute Gasteiger partial charge is 1.00 e. The maximum Gasteiger partial charge on any atom is 0.0914 e. The molecule has 0 aromatic heterocycles. The zero-order valence-corrected chi connectivity index (χ0v) is 16.3. The van der Waals surface area contributed by atoms with Gasteiger partial charge in [0.15, 0.2) is 0 Å². The molecule has 1 aliphatic heterocycles. The minimum Gasteiger partial charge on any atom is -1.00 e. The van der Waals surface area contributed by atoms with Crippen molar-refractivity contribution in [3.05, 3.63) is 71.8 Å². The van der Waals surface area contributed by atoms with Crippen molar-refractivity contribution in [2.24, 2.45) is 0 Å². The number of likely N-dealkylation sites (N-methyl/N-ethyl adjacent to an activating group) is 1. The summed E-state index contributed by atoms with van der Waals surface area (Å²) in [6, 6.07) is 22.3. The summed E-state index contributed by atoms with van der Waals surface area (Å²) in [5.41, 5.74) is 2.81. The lowest BCUT2D eigenvalue weighted by Crippen LogP contribution is -3.00. The SMILES string of the molecule is CC[N+]1(C)CCN(C(c2ccccc2)c2ccccc2)CC1.[I-]. The third kappa shape index (κ3) is 4.34. The van der Waals surface area contributed by atoms with Crippen molar-refractivity contribution in [3.63, 3.8) is 0 Å². The molecule has 0 N–H and O–H groups in total. The average molecular weight is 422 g/mol. The zero-order chi connectivity index (χ0) is 15.4. The van der Waals surface area contributed by atoms with Crippen LogP contribution >= 0.6 is 0 Å². The fourth-order valence-electron chi connectivity index (χ4n) is 3.42. The second-order valence-corrected chi connectivity index (χ2v) is 6.64. The van der Waals surface area contributed by atoms with Gasteiger partial charge in [-0.3, -0.25) is 4.90 Å². The summed E-state index contributed by atoms with van der Waals surface area (Å²) in [7, 11) is 2.39. The van der Waals surface area contributed by atoms with E-state index in [1.807, 2.05) is 0 Å². The second-order valence-electron chi connectivity index (χ2n) is 6.64. The summed E-state index contributed by atoms with van der Waals surface area (Å²) in [5.74, 6) is 0. The van der Waals surface area contributed by atoms with Crippen LogP contribution in [0.4, 0.5) is 0 Å². The molecule has 0 bridgehead atoms. The van der Waals surface area contributed by atoms with Crippen molar-refractivity contribution in [1.29, 1.82) is 0 Å². The summed E-state index contributed by atoms with van der Waals surface area (Å²) in [5, 5.41) is 0. The van der Waals surface area contributed by atoms with E-state index in [2.05, 4.69) is 79.5 Å². The highest BCUT2D eigenvalue weighted by atomic mass is 127. The first kappa shape index (κ1) is 18.4. The number of benzene rings is 2. The van der Waals surface area contributed by atoms with Gasteiger partial charge in [0.05, 0.1) is 32.7 Å². The number of hydrogen-bond acceptors (Lipinski definition) is 1. The number of piperazine rings is 1. The summed E-state index contributed by atoms with van der Waals surface area (Å²) < 4.78 is 1.20. The molecule has 2 aromatic carbocycles. The van der Waals surface area contributed by atoms with Crippen molar-refractivity contribution in [2.45, 2.75) is 13.0 Å². The molecule has 1 heterocycles. The lowest BCUT2D eigenvalue weighted by atomic mass is 9.96. The van der Waals surface area contributed by atoms with Gasteiger partial charge in [-0.05, 0) is 18.1 Å². The van der Waals surface area contributed by atoms with Crippen molar-refractivity contribution < 1.29 is 28.5 Å². The summed E-state index contributed by atoms with van der Waals surface area (Å²) in [6.45, 7) is 8.35. The van der Waals surface area contributed by atoms with Crippen LogP contribution in [0.5, 0.6) is 0 Å². The predicted molar refractivity (Wildman–Crippen MR) is 92.8 cm³/mol. The van der Waals surface area contributed by atoms with Crippen LogP contribution in [-0.4, -0.2) is 49.2 Å². The first-order valence-corrected chi connectivity index (χ1v) is 8.39. The Morgan fingerprint density at radius 3 is 1.70 bits per heavy atom. The molecule has 1 saturated heterocycles. The predicted octanol–water partition coefficient (Wildman–Crippen LogP) is 0.562. The van der Waals surface area contributed by atoms with E-state index in [1.165, 1.54) is 48.3 Å². The molecule has 3 heteroatoms. The number of nitrogens with zero attached hydrogens (tertiary/aromatic N) is 2. The topological polar surface area (TPSA) is 3.24 Å². The second kappa shape index (κ2) is 8.27. The summed E-state index contributed by atoms with van der Waals surface area (Å²) >= 11 is 0. The van der Waals surface area contributed by atoms with Crippen molar-refractivity contribution >= 4 is 0 Å². The third-order valence-electron chi connectivity index (χ3n) is 5.21. The lowest BCUT2D eigenvalue weighted by molar-refractivity contribution is -0.912. The van der Waals surface area contributed by atoms with Gasteiger partial charge in [-0.1, -0.05) is 60.7 Å². The van der Waals surface area contributed by atoms with Crippen LogP contribution in [0.15, 0.2) is 60.7 Å². The first-order valence-electron chi connectivity index (χ1n) is 8.39. The molecule has 1 aliphatic rings. The normalized spacial score (nSPS) is 17.7. The fourth-order valence-corrected chi connectivity index (χ4v) is 3.42. The molecule has 0 spiro atoms. The van der Waals surface area contributed by atoms with Crippen LogP contribution < -0.4 is 24.0 Å². The van der Waals surface area contributed by atoms with E-state index in [1.54, 1.807) is 0 Å². The minimum absolute atomic E-state index is 0. The Balaban J connectivity index is 0.00000192. The Kier molecular flexibility index (Phi) is 6.62. The van der Waals surface area contributed by atoms with Crippen LogP contribution in [0.1, 0.15) is 24.1 Å². The molecule has 3 rings (SSSR count).